The molecule has 2 N–H and O–H groups in total. The molecule has 0 fully saturated rings. The SMILES string of the molecule is CC(C)(C)C1=CC=C/C(=C/N[C@H](c2ccccc2)[C@H](N/C=C2/C=CC=C(C(C)(C)C)C2=O)c2ccccc2)C1=O.F[P-](F)(F)(F)(F)F.[Mn]. The molecule has 0 unspecified atom stereocenters. The van der Waals surface area contributed by atoms with Crippen molar-refractivity contribution < 1.29 is 51.8 Å². The molecule has 2 aliphatic rings. The number of allylic oxidation sites excluding steroid dienone is 10. The summed E-state index contributed by atoms with van der Waals surface area (Å²) in [6.45, 7) is 12.3. The first-order chi connectivity index (χ1) is 21.4. The molecule has 0 aliphatic heterocycles. The molecule has 12 heteroatoms. The number of rotatable bonds is 7. The van der Waals surface area contributed by atoms with Crippen LogP contribution in [-0.2, 0) is 26.7 Å². The Kier molecular flexibility index (Phi) is 12.2. The Morgan fingerprint density at radius 1 is 0.583 bits per heavy atom. The van der Waals surface area contributed by atoms with Crippen LogP contribution in [0.15, 0.2) is 132 Å². The monoisotopic (exact) mass is 732 g/mol. The van der Waals surface area contributed by atoms with E-state index in [-0.39, 0.29) is 51.5 Å². The summed E-state index contributed by atoms with van der Waals surface area (Å²) in [7, 11) is -10.7. The van der Waals surface area contributed by atoms with Gasteiger partial charge in [-0.3, -0.25) is 9.59 Å². The molecule has 261 valence electrons. The molecule has 2 aromatic rings. The normalized spacial score (nSPS) is 19.5. The van der Waals surface area contributed by atoms with Gasteiger partial charge in [-0.1, -0.05) is 127 Å². The van der Waals surface area contributed by atoms with Gasteiger partial charge in [0.15, 0.2) is 11.6 Å². The van der Waals surface area contributed by atoms with E-state index in [1.165, 1.54) is 0 Å². The molecule has 48 heavy (non-hydrogen) atoms. The van der Waals surface area contributed by atoms with Gasteiger partial charge in [-0.2, -0.15) is 0 Å². The minimum Gasteiger partial charge on any atom is 0 e. The van der Waals surface area contributed by atoms with E-state index < -0.39 is 7.81 Å². The van der Waals surface area contributed by atoms with Crippen LogP contribution in [0, 0.1) is 10.8 Å². The van der Waals surface area contributed by atoms with Gasteiger partial charge in [-0.15, -0.1) is 0 Å². The molecule has 0 saturated heterocycles. The number of nitrogens with one attached hydrogen (secondary N) is 2. The Balaban J connectivity index is 0.000000902. The summed E-state index contributed by atoms with van der Waals surface area (Å²) in [5.41, 5.74) is 4.41. The molecule has 0 heterocycles. The summed E-state index contributed by atoms with van der Waals surface area (Å²) >= 11 is 0. The number of benzene rings is 2. The summed E-state index contributed by atoms with van der Waals surface area (Å²) in [6.07, 6.45) is 15.0. The van der Waals surface area contributed by atoms with Gasteiger partial charge in [0.2, 0.25) is 0 Å². The predicted octanol–water partition coefficient (Wildman–Crippen LogP) is 11.0. The molecular weight excluding hydrogens is 692 g/mol. The number of hydrogen-bond acceptors (Lipinski definition) is 4. The fourth-order valence-electron chi connectivity index (χ4n) is 4.97. The third-order valence-electron chi connectivity index (χ3n) is 7.19. The molecular formula is C36H40F6MnN2O2P-. The third-order valence-corrected chi connectivity index (χ3v) is 7.19. The van der Waals surface area contributed by atoms with Crippen LogP contribution in [0.25, 0.3) is 0 Å². The number of carbonyl (C=O) groups is 2. The average molecular weight is 733 g/mol. The van der Waals surface area contributed by atoms with E-state index in [0.29, 0.717) is 11.1 Å². The number of halogens is 6. The third kappa shape index (κ3) is 13.1. The summed E-state index contributed by atoms with van der Waals surface area (Å²) < 4.78 is 59.2. The van der Waals surface area contributed by atoms with Crippen molar-refractivity contribution in [3.63, 3.8) is 0 Å². The van der Waals surface area contributed by atoms with Crippen LogP contribution in [0.2, 0.25) is 0 Å². The summed E-state index contributed by atoms with van der Waals surface area (Å²) in [6, 6.07) is 19.9. The van der Waals surface area contributed by atoms with Gasteiger partial charge in [0, 0.05) is 51.8 Å². The Hall–Kier alpha value is -3.65. The van der Waals surface area contributed by atoms with E-state index >= 15 is 0 Å². The molecule has 0 saturated carbocycles. The Labute approximate surface area is 288 Å². The van der Waals surface area contributed by atoms with Gasteiger partial charge in [0.25, 0.3) is 0 Å². The maximum absolute atomic E-state index is 13.3. The van der Waals surface area contributed by atoms with E-state index in [0.717, 1.165) is 22.3 Å². The van der Waals surface area contributed by atoms with E-state index in [1.807, 2.05) is 85.3 Å². The van der Waals surface area contributed by atoms with Crippen molar-refractivity contribution in [1.29, 1.82) is 0 Å². The minimum absolute atomic E-state index is 0. The van der Waals surface area contributed by atoms with Gasteiger partial charge in [0.05, 0.1) is 12.1 Å². The number of ketones is 2. The minimum atomic E-state index is -10.7. The van der Waals surface area contributed by atoms with E-state index in [2.05, 4.69) is 76.4 Å². The van der Waals surface area contributed by atoms with Gasteiger partial charge in [-0.25, -0.2) is 0 Å². The Morgan fingerprint density at radius 2 is 0.875 bits per heavy atom. The molecule has 0 amide bonds. The van der Waals surface area contributed by atoms with Crippen molar-refractivity contribution >= 4 is 19.4 Å². The molecule has 2 aliphatic carbocycles. The van der Waals surface area contributed by atoms with E-state index in [1.54, 1.807) is 0 Å². The van der Waals surface area contributed by atoms with Crippen LogP contribution in [0.5, 0.6) is 0 Å². The zero-order valence-corrected chi connectivity index (χ0v) is 29.5. The summed E-state index contributed by atoms with van der Waals surface area (Å²) in [5.74, 6) is 0.0557. The largest absolute Gasteiger partial charge is 0 e. The molecule has 0 spiro atoms. The molecule has 4 rings (SSSR count). The van der Waals surface area contributed by atoms with Crippen LogP contribution >= 0.6 is 7.81 Å². The van der Waals surface area contributed by atoms with Gasteiger partial charge in [-0.05, 0) is 34.1 Å². The van der Waals surface area contributed by atoms with Crippen molar-refractivity contribution in [2.45, 2.75) is 53.6 Å². The zero-order chi connectivity index (χ0) is 35.3. The first kappa shape index (κ1) is 40.5. The van der Waals surface area contributed by atoms with Gasteiger partial charge >= 0.3 is 33.0 Å². The van der Waals surface area contributed by atoms with E-state index in [4.69, 9.17) is 0 Å². The Morgan fingerprint density at radius 3 is 1.15 bits per heavy atom. The van der Waals surface area contributed by atoms with E-state index in [9.17, 15) is 34.8 Å². The number of Topliss-reactive ketones (excluding diaryl/α,β-unsaturated/α-hetero) is 2. The van der Waals surface area contributed by atoms with Crippen LogP contribution in [0.1, 0.15) is 64.8 Å². The maximum atomic E-state index is 13.3. The predicted molar refractivity (Wildman–Crippen MR) is 178 cm³/mol. The molecule has 0 bridgehead atoms. The van der Waals surface area contributed by atoms with Crippen molar-refractivity contribution in [3.05, 3.63) is 143 Å². The topological polar surface area (TPSA) is 58.2 Å². The smallest absolute Gasteiger partial charge is 0 e. The van der Waals surface area contributed by atoms with Gasteiger partial charge in [0.1, 0.15) is 0 Å². The first-order valence-electron chi connectivity index (χ1n) is 14.9. The maximum Gasteiger partial charge on any atom is 0 e. The molecule has 4 nitrogen and oxygen atoms in total. The molecule has 2 atom stereocenters. The molecule has 1 radical (unpaired) electrons. The summed E-state index contributed by atoms with van der Waals surface area (Å²) in [5, 5.41) is 7.14. The number of carbonyl (C=O) groups excluding carboxylic acids is 2. The van der Waals surface area contributed by atoms with Crippen LogP contribution in [0.3, 0.4) is 0 Å². The van der Waals surface area contributed by atoms with Crippen LogP contribution < -0.4 is 10.6 Å². The van der Waals surface area contributed by atoms with Crippen molar-refractivity contribution in [1.82, 2.24) is 10.6 Å². The number of hydrogen-bond donors (Lipinski definition) is 2. The molecule has 0 aromatic heterocycles. The van der Waals surface area contributed by atoms with Crippen molar-refractivity contribution in [2.24, 2.45) is 10.8 Å². The zero-order valence-electron chi connectivity index (χ0n) is 27.5. The fraction of sp³-hybridized carbons (Fsp3) is 0.278. The standard InChI is InChI=1S/C36H40N2O2.F6P.Mn/c1-35(2,3)29-21-13-19-27(33(29)39)23-37-31(25-15-9-7-10-16-25)32(26-17-11-8-12-18-26)38-24-28-20-14-22-30(34(28)40)36(4,5)6;1-7(2,3,4,5)6;/h7-24,31-32,37-38H,1-6H3;;/q;-1;/b27-23-,28-24-;;/t31-,32-;;/m1../s1. The summed E-state index contributed by atoms with van der Waals surface area (Å²) in [4.78, 5) is 26.7. The fourth-order valence-corrected chi connectivity index (χ4v) is 4.97. The quantitative estimate of drug-likeness (QED) is 0.129. The first-order valence-corrected chi connectivity index (χ1v) is 16.9. The second-order valence-corrected chi connectivity index (χ2v) is 15.2. The van der Waals surface area contributed by atoms with Gasteiger partial charge < -0.3 is 10.6 Å². The second kappa shape index (κ2) is 14.5. The Bertz CT molecular complexity index is 1540. The van der Waals surface area contributed by atoms with Crippen LogP contribution in [-0.4, -0.2) is 11.6 Å². The second-order valence-electron chi connectivity index (χ2n) is 13.3. The molecule has 2 aromatic carbocycles. The van der Waals surface area contributed by atoms with Crippen LogP contribution in [0.4, 0.5) is 25.2 Å². The average Bonchev–Trinajstić information content (AvgIpc) is 2.94. The van der Waals surface area contributed by atoms with Crippen molar-refractivity contribution in [2.75, 3.05) is 0 Å². The van der Waals surface area contributed by atoms with Crippen molar-refractivity contribution in [3.8, 4) is 0 Å².